The minimum atomic E-state index is -4.99. The Morgan fingerprint density at radius 2 is 1.97 bits per heavy atom. The first kappa shape index (κ1) is 26.1. The molecule has 0 saturated heterocycles. The summed E-state index contributed by atoms with van der Waals surface area (Å²) < 4.78 is 56.7. The second-order valence-corrected chi connectivity index (χ2v) is 8.23. The van der Waals surface area contributed by atoms with Crippen molar-refractivity contribution in [1.29, 1.82) is 5.26 Å². The van der Waals surface area contributed by atoms with Crippen molar-refractivity contribution in [3.8, 4) is 11.8 Å². The van der Waals surface area contributed by atoms with Crippen molar-refractivity contribution in [1.82, 2.24) is 24.5 Å². The molecule has 4 aromatic rings. The van der Waals surface area contributed by atoms with E-state index in [1.165, 1.54) is 48.4 Å². The standard InChI is InChI=1S/C24H20F3N7O4/c1-33-11-14(9-29-33)17(16-7-5-4-6-13(16)8-28)18(24(25,26)27)21-32-19(20(37-3)23(36)34(21)2)22(35)31-15-10-30-38-12-15/h4-7,9-12,17-18H,1-3H3,(H,31,35). The number of aryl methyl sites for hydroxylation is 1. The van der Waals surface area contributed by atoms with Crippen LogP contribution >= 0.6 is 0 Å². The molecule has 0 radical (unpaired) electrons. The monoisotopic (exact) mass is 527 g/mol. The lowest BCUT2D eigenvalue weighted by atomic mass is 9.79. The summed E-state index contributed by atoms with van der Waals surface area (Å²) in [5.41, 5.74) is -1.42. The molecule has 1 aromatic carbocycles. The van der Waals surface area contributed by atoms with Crippen molar-refractivity contribution in [2.45, 2.75) is 18.0 Å². The Kier molecular flexibility index (Phi) is 7.02. The lowest BCUT2D eigenvalue weighted by Crippen LogP contribution is -2.36. The number of nitrogens with zero attached hydrogens (tertiary/aromatic N) is 6. The predicted octanol–water partition coefficient (Wildman–Crippen LogP) is 3.11. The Morgan fingerprint density at radius 3 is 2.55 bits per heavy atom. The van der Waals surface area contributed by atoms with Gasteiger partial charge in [-0.2, -0.15) is 23.5 Å². The number of carbonyl (C=O) groups is 1. The van der Waals surface area contributed by atoms with Crippen LogP contribution < -0.4 is 15.6 Å². The number of rotatable bonds is 7. The number of carbonyl (C=O) groups excluding carboxylic acids is 1. The van der Waals surface area contributed by atoms with Crippen LogP contribution in [0.1, 0.15) is 44.8 Å². The van der Waals surface area contributed by atoms with E-state index in [-0.39, 0.29) is 22.4 Å². The van der Waals surface area contributed by atoms with Gasteiger partial charge in [-0.1, -0.05) is 23.4 Å². The summed E-state index contributed by atoms with van der Waals surface area (Å²) in [5, 5.41) is 19.5. The molecule has 0 spiro atoms. The third-order valence-electron chi connectivity index (χ3n) is 5.86. The highest BCUT2D eigenvalue weighted by Crippen LogP contribution is 2.48. The van der Waals surface area contributed by atoms with E-state index < -0.39 is 46.7 Å². The molecular weight excluding hydrogens is 507 g/mol. The van der Waals surface area contributed by atoms with Crippen LogP contribution in [0.3, 0.4) is 0 Å². The summed E-state index contributed by atoms with van der Waals surface area (Å²) in [6.45, 7) is 0. The van der Waals surface area contributed by atoms with E-state index in [4.69, 9.17) is 4.74 Å². The lowest BCUT2D eigenvalue weighted by Gasteiger charge is -2.30. The molecule has 1 amide bonds. The smallest absolute Gasteiger partial charge is 0.399 e. The Bertz CT molecular complexity index is 1570. The van der Waals surface area contributed by atoms with Gasteiger partial charge in [-0.3, -0.25) is 18.8 Å². The highest BCUT2D eigenvalue weighted by atomic mass is 19.4. The van der Waals surface area contributed by atoms with E-state index >= 15 is 0 Å². The fraction of sp³-hybridized carbons (Fsp3) is 0.250. The van der Waals surface area contributed by atoms with Crippen LogP contribution in [-0.4, -0.2) is 43.7 Å². The average molecular weight is 527 g/mol. The molecule has 1 N–H and O–H groups in total. The molecule has 0 aliphatic heterocycles. The van der Waals surface area contributed by atoms with Gasteiger partial charge in [0.15, 0.2) is 5.69 Å². The van der Waals surface area contributed by atoms with Crippen molar-refractivity contribution in [3.05, 3.63) is 87.7 Å². The number of nitriles is 1. The van der Waals surface area contributed by atoms with Crippen LogP contribution in [0.4, 0.5) is 18.9 Å². The lowest BCUT2D eigenvalue weighted by molar-refractivity contribution is -0.156. The largest absolute Gasteiger partial charge is 0.489 e. The van der Waals surface area contributed by atoms with Crippen LogP contribution in [-0.2, 0) is 14.1 Å². The molecule has 3 aromatic heterocycles. The molecule has 2 unspecified atom stereocenters. The van der Waals surface area contributed by atoms with E-state index in [0.717, 1.165) is 26.6 Å². The van der Waals surface area contributed by atoms with E-state index in [1.807, 2.05) is 6.07 Å². The summed E-state index contributed by atoms with van der Waals surface area (Å²) in [4.78, 5) is 30.2. The van der Waals surface area contributed by atoms with E-state index in [9.17, 15) is 28.0 Å². The maximum Gasteiger partial charge on any atom is 0.399 e. The Hall–Kier alpha value is -4.93. The maximum absolute atomic E-state index is 15.0. The minimum Gasteiger partial charge on any atom is -0.489 e. The summed E-state index contributed by atoms with van der Waals surface area (Å²) in [5.74, 6) is -6.34. The van der Waals surface area contributed by atoms with Gasteiger partial charge in [-0.05, 0) is 17.2 Å². The molecule has 2 atom stereocenters. The van der Waals surface area contributed by atoms with Crippen molar-refractivity contribution in [2.75, 3.05) is 12.4 Å². The molecule has 196 valence electrons. The number of alkyl halides is 3. The molecule has 0 fully saturated rings. The third-order valence-corrected chi connectivity index (χ3v) is 5.86. The highest BCUT2D eigenvalue weighted by molar-refractivity contribution is 6.04. The maximum atomic E-state index is 15.0. The zero-order chi connectivity index (χ0) is 27.6. The first-order chi connectivity index (χ1) is 18.1. The number of halogens is 3. The number of methoxy groups -OCH3 is 1. The second kappa shape index (κ2) is 10.2. The topological polar surface area (TPSA) is 141 Å². The normalized spacial score (nSPS) is 13.0. The molecule has 38 heavy (non-hydrogen) atoms. The van der Waals surface area contributed by atoms with Crippen molar-refractivity contribution in [3.63, 3.8) is 0 Å². The van der Waals surface area contributed by atoms with Gasteiger partial charge in [0.2, 0.25) is 5.75 Å². The van der Waals surface area contributed by atoms with E-state index in [0.29, 0.717) is 4.57 Å². The summed E-state index contributed by atoms with van der Waals surface area (Å²) in [6.07, 6.45) is -0.112. The molecule has 14 heteroatoms. The van der Waals surface area contributed by atoms with Crippen LogP contribution in [0.25, 0.3) is 0 Å². The van der Waals surface area contributed by atoms with E-state index in [1.54, 1.807) is 0 Å². The summed E-state index contributed by atoms with van der Waals surface area (Å²) in [7, 11) is 3.73. The average Bonchev–Trinajstić information content (AvgIpc) is 3.55. The molecule has 0 bridgehead atoms. The van der Waals surface area contributed by atoms with Gasteiger partial charge < -0.3 is 14.6 Å². The van der Waals surface area contributed by atoms with Gasteiger partial charge in [0.25, 0.3) is 11.5 Å². The zero-order valence-corrected chi connectivity index (χ0v) is 20.2. The van der Waals surface area contributed by atoms with Crippen LogP contribution in [0.2, 0.25) is 0 Å². The number of amides is 1. The number of anilines is 1. The molecule has 0 saturated carbocycles. The molecule has 4 rings (SSSR count). The molecular formula is C24H20F3N7O4. The highest BCUT2D eigenvalue weighted by Gasteiger charge is 2.50. The van der Waals surface area contributed by atoms with E-state index in [2.05, 4.69) is 25.1 Å². The molecule has 11 nitrogen and oxygen atoms in total. The van der Waals surface area contributed by atoms with Gasteiger partial charge in [0, 0.05) is 26.2 Å². The quantitative estimate of drug-likeness (QED) is 0.387. The number of aromatic nitrogens is 5. The first-order valence-electron chi connectivity index (χ1n) is 11.0. The summed E-state index contributed by atoms with van der Waals surface area (Å²) >= 11 is 0. The SMILES string of the molecule is COc1c(C(=O)Nc2cnoc2)nc(C(C(c2cnn(C)c2)c2ccccc2C#N)C(F)(F)F)n(C)c1=O. The zero-order valence-electron chi connectivity index (χ0n) is 20.2. The Balaban J connectivity index is 2.00. The van der Waals surface area contributed by atoms with Gasteiger partial charge >= 0.3 is 6.18 Å². The minimum absolute atomic E-state index is 0.000427. The van der Waals surface area contributed by atoms with Crippen LogP contribution in [0, 0.1) is 11.3 Å². The van der Waals surface area contributed by atoms with Crippen LogP contribution in [0.5, 0.6) is 5.75 Å². The van der Waals surface area contributed by atoms with Crippen molar-refractivity contribution >= 4 is 11.6 Å². The number of benzene rings is 1. The van der Waals surface area contributed by atoms with Crippen LogP contribution in [0.15, 0.2) is 58.4 Å². The fourth-order valence-corrected chi connectivity index (χ4v) is 4.18. The van der Waals surface area contributed by atoms with Crippen molar-refractivity contribution in [2.24, 2.45) is 14.1 Å². The second-order valence-electron chi connectivity index (χ2n) is 8.23. The Morgan fingerprint density at radius 1 is 1.24 bits per heavy atom. The third kappa shape index (κ3) is 4.85. The number of hydrogen-bond acceptors (Lipinski definition) is 8. The molecule has 3 heterocycles. The number of hydrogen-bond donors (Lipinski definition) is 1. The fourth-order valence-electron chi connectivity index (χ4n) is 4.18. The molecule has 0 aliphatic rings. The molecule has 0 aliphatic carbocycles. The number of ether oxygens (including phenoxy) is 1. The predicted molar refractivity (Wildman–Crippen MR) is 125 cm³/mol. The number of nitrogens with one attached hydrogen (secondary N) is 1. The van der Waals surface area contributed by atoms with Gasteiger partial charge in [-0.25, -0.2) is 4.98 Å². The van der Waals surface area contributed by atoms with Gasteiger partial charge in [0.1, 0.15) is 23.7 Å². The Labute approximate surface area is 213 Å². The first-order valence-corrected chi connectivity index (χ1v) is 11.0. The van der Waals surface area contributed by atoms with Gasteiger partial charge in [0.05, 0.1) is 31.1 Å². The van der Waals surface area contributed by atoms with Gasteiger partial charge in [-0.15, -0.1) is 0 Å². The van der Waals surface area contributed by atoms with Crippen molar-refractivity contribution < 1.29 is 27.2 Å². The summed E-state index contributed by atoms with van der Waals surface area (Å²) in [6, 6.07) is 7.75.